The van der Waals surface area contributed by atoms with Gasteiger partial charge in [0.1, 0.15) is 5.82 Å². The van der Waals surface area contributed by atoms with Crippen molar-refractivity contribution in [2.45, 2.75) is 38.8 Å². The van der Waals surface area contributed by atoms with Gasteiger partial charge in [-0.25, -0.2) is 4.98 Å². The fourth-order valence-corrected chi connectivity index (χ4v) is 2.12. The number of ether oxygens (including phenoxy) is 1. The molecule has 0 fully saturated rings. The molecule has 1 aromatic heterocycles. The lowest BCUT2D eigenvalue weighted by Gasteiger charge is -2.27. The molecule has 0 bridgehead atoms. The van der Waals surface area contributed by atoms with Gasteiger partial charge in [-0.05, 0) is 19.4 Å². The second-order valence-corrected chi connectivity index (χ2v) is 4.49. The number of hydrazine groups is 1. The number of nitrogens with zero attached hydrogens (tertiary/aromatic N) is 1. The fourth-order valence-electron chi connectivity index (χ4n) is 1.96. The zero-order valence-corrected chi connectivity index (χ0v) is 11.6. The van der Waals surface area contributed by atoms with Gasteiger partial charge in [0.2, 0.25) is 0 Å². The summed E-state index contributed by atoms with van der Waals surface area (Å²) in [5, 5.41) is 0.534. The molecule has 0 aromatic carbocycles. The highest BCUT2D eigenvalue weighted by atomic mass is 35.5. The average Bonchev–Trinajstić information content (AvgIpc) is 2.35. The maximum atomic E-state index is 5.95. The Morgan fingerprint density at radius 1 is 1.50 bits per heavy atom. The van der Waals surface area contributed by atoms with Crippen molar-refractivity contribution in [2.75, 3.05) is 12.3 Å². The van der Waals surface area contributed by atoms with E-state index in [1.54, 1.807) is 6.07 Å². The van der Waals surface area contributed by atoms with Crippen LogP contribution in [0.5, 0.6) is 0 Å². The first kappa shape index (κ1) is 15.2. The lowest BCUT2D eigenvalue weighted by atomic mass is 9.99. The SMILES string of the molecule is CCCC(OCC)C(NN)c1cc(Cl)cnc1N. The molecule has 1 aromatic rings. The van der Waals surface area contributed by atoms with Gasteiger partial charge in [-0.1, -0.05) is 24.9 Å². The van der Waals surface area contributed by atoms with Crippen LogP contribution in [0.2, 0.25) is 5.02 Å². The van der Waals surface area contributed by atoms with Crippen molar-refractivity contribution in [2.24, 2.45) is 5.84 Å². The summed E-state index contributed by atoms with van der Waals surface area (Å²) >= 11 is 5.95. The Morgan fingerprint density at radius 3 is 2.78 bits per heavy atom. The number of aromatic nitrogens is 1. The van der Waals surface area contributed by atoms with E-state index in [0.717, 1.165) is 18.4 Å². The summed E-state index contributed by atoms with van der Waals surface area (Å²) in [4.78, 5) is 4.04. The minimum atomic E-state index is -0.212. The van der Waals surface area contributed by atoms with Gasteiger partial charge in [0, 0.05) is 18.4 Å². The van der Waals surface area contributed by atoms with Gasteiger partial charge in [-0.15, -0.1) is 0 Å². The molecule has 0 aliphatic rings. The van der Waals surface area contributed by atoms with Crippen LogP contribution in [0.25, 0.3) is 0 Å². The summed E-state index contributed by atoms with van der Waals surface area (Å²) in [6.45, 7) is 4.67. The van der Waals surface area contributed by atoms with Gasteiger partial charge in [-0.3, -0.25) is 11.3 Å². The van der Waals surface area contributed by atoms with Crippen molar-refractivity contribution in [1.29, 1.82) is 0 Å². The highest BCUT2D eigenvalue weighted by molar-refractivity contribution is 6.30. The maximum absolute atomic E-state index is 5.95. The third-order valence-corrected chi connectivity index (χ3v) is 2.96. The number of hydrogen-bond acceptors (Lipinski definition) is 5. The van der Waals surface area contributed by atoms with Crippen LogP contribution in [0.4, 0.5) is 5.82 Å². The molecule has 0 radical (unpaired) electrons. The second kappa shape index (κ2) is 7.53. The van der Waals surface area contributed by atoms with Crippen LogP contribution in [-0.2, 0) is 4.74 Å². The number of rotatable bonds is 7. The number of anilines is 1. The highest BCUT2D eigenvalue weighted by Crippen LogP contribution is 2.27. The summed E-state index contributed by atoms with van der Waals surface area (Å²) in [7, 11) is 0. The minimum absolute atomic E-state index is 0.0485. The number of halogens is 1. The summed E-state index contributed by atoms with van der Waals surface area (Å²) < 4.78 is 5.72. The highest BCUT2D eigenvalue weighted by Gasteiger charge is 2.24. The standard InChI is InChI=1S/C12H21ClN4O/c1-3-5-10(18-4-2)11(17-15)9-6-8(13)7-16-12(9)14/h6-7,10-11,17H,3-5,15H2,1-2H3,(H2,14,16). The molecule has 0 spiro atoms. The number of nitrogens with two attached hydrogens (primary N) is 2. The normalized spacial score (nSPS) is 14.4. The molecule has 0 aliphatic carbocycles. The minimum Gasteiger partial charge on any atom is -0.383 e. The van der Waals surface area contributed by atoms with Crippen molar-refractivity contribution < 1.29 is 4.74 Å². The Morgan fingerprint density at radius 2 is 2.22 bits per heavy atom. The second-order valence-electron chi connectivity index (χ2n) is 4.05. The number of nitrogen functional groups attached to an aromatic ring is 1. The van der Waals surface area contributed by atoms with Crippen LogP contribution in [-0.4, -0.2) is 17.7 Å². The van der Waals surface area contributed by atoms with E-state index in [1.165, 1.54) is 6.20 Å². The number of hydrogen-bond donors (Lipinski definition) is 3. The van der Waals surface area contributed by atoms with Crippen LogP contribution >= 0.6 is 11.6 Å². The smallest absolute Gasteiger partial charge is 0.128 e. The predicted molar refractivity (Wildman–Crippen MR) is 74.0 cm³/mol. The number of pyridine rings is 1. The summed E-state index contributed by atoms with van der Waals surface area (Å²) in [6, 6.07) is 1.56. The third kappa shape index (κ3) is 3.81. The fraction of sp³-hybridized carbons (Fsp3) is 0.583. The van der Waals surface area contributed by atoms with Crippen LogP contribution in [0.15, 0.2) is 12.3 Å². The molecule has 2 unspecified atom stereocenters. The average molecular weight is 273 g/mol. The van der Waals surface area contributed by atoms with E-state index in [9.17, 15) is 0 Å². The Hall–Kier alpha value is -0.880. The van der Waals surface area contributed by atoms with Crippen molar-refractivity contribution in [3.05, 3.63) is 22.8 Å². The molecule has 0 saturated heterocycles. The Kier molecular flexibility index (Phi) is 6.35. The van der Waals surface area contributed by atoms with Gasteiger partial charge in [-0.2, -0.15) is 0 Å². The monoisotopic (exact) mass is 272 g/mol. The lowest BCUT2D eigenvalue weighted by Crippen LogP contribution is -2.38. The molecule has 1 rings (SSSR count). The molecule has 1 heterocycles. The zero-order chi connectivity index (χ0) is 13.5. The van der Waals surface area contributed by atoms with Crippen molar-refractivity contribution in [3.8, 4) is 0 Å². The molecule has 5 N–H and O–H groups in total. The Bertz CT molecular complexity index is 369. The van der Waals surface area contributed by atoms with E-state index in [1.807, 2.05) is 6.92 Å². The van der Waals surface area contributed by atoms with Gasteiger partial charge in [0.05, 0.1) is 17.2 Å². The van der Waals surface area contributed by atoms with Crippen LogP contribution < -0.4 is 17.0 Å². The largest absolute Gasteiger partial charge is 0.383 e. The third-order valence-electron chi connectivity index (χ3n) is 2.76. The van der Waals surface area contributed by atoms with E-state index < -0.39 is 0 Å². The van der Waals surface area contributed by atoms with Crippen molar-refractivity contribution in [3.63, 3.8) is 0 Å². The molecule has 0 amide bonds. The lowest BCUT2D eigenvalue weighted by molar-refractivity contribution is 0.0277. The maximum Gasteiger partial charge on any atom is 0.128 e. The van der Waals surface area contributed by atoms with Crippen LogP contribution in [0.3, 0.4) is 0 Å². The zero-order valence-electron chi connectivity index (χ0n) is 10.8. The first-order valence-electron chi connectivity index (χ1n) is 6.12. The first-order valence-corrected chi connectivity index (χ1v) is 6.50. The van der Waals surface area contributed by atoms with Gasteiger partial charge in [0.25, 0.3) is 0 Å². The molecule has 5 nitrogen and oxygen atoms in total. The summed E-state index contributed by atoms with van der Waals surface area (Å²) in [6.07, 6.45) is 3.35. The van der Waals surface area contributed by atoms with E-state index >= 15 is 0 Å². The van der Waals surface area contributed by atoms with Crippen LogP contribution in [0, 0.1) is 0 Å². The van der Waals surface area contributed by atoms with E-state index in [-0.39, 0.29) is 12.1 Å². The molecule has 0 saturated carbocycles. The van der Waals surface area contributed by atoms with Gasteiger partial charge >= 0.3 is 0 Å². The molecular weight excluding hydrogens is 252 g/mol. The Balaban J connectivity index is 3.01. The van der Waals surface area contributed by atoms with E-state index in [0.29, 0.717) is 17.4 Å². The van der Waals surface area contributed by atoms with Crippen molar-refractivity contribution >= 4 is 17.4 Å². The molecular formula is C12H21ClN4O. The molecule has 18 heavy (non-hydrogen) atoms. The van der Waals surface area contributed by atoms with Crippen molar-refractivity contribution in [1.82, 2.24) is 10.4 Å². The molecule has 2 atom stereocenters. The molecule has 102 valence electrons. The van der Waals surface area contributed by atoms with Gasteiger partial charge in [0.15, 0.2) is 0 Å². The van der Waals surface area contributed by atoms with E-state index in [4.69, 9.17) is 27.9 Å². The topological polar surface area (TPSA) is 86.2 Å². The number of nitrogens with one attached hydrogen (secondary N) is 1. The molecule has 0 aliphatic heterocycles. The van der Waals surface area contributed by atoms with E-state index in [2.05, 4.69) is 17.3 Å². The van der Waals surface area contributed by atoms with Crippen LogP contribution in [0.1, 0.15) is 38.3 Å². The first-order chi connectivity index (χ1) is 8.63. The molecule has 6 heteroatoms. The summed E-state index contributed by atoms with van der Waals surface area (Å²) in [5.41, 5.74) is 9.40. The quantitative estimate of drug-likeness (QED) is 0.522. The Labute approximate surface area is 113 Å². The summed E-state index contributed by atoms with van der Waals surface area (Å²) in [5.74, 6) is 6.05. The predicted octanol–water partition coefficient (Wildman–Crippen LogP) is 2.03. The van der Waals surface area contributed by atoms with Gasteiger partial charge < -0.3 is 10.5 Å².